The standard InChI is InChI=1S/C20H16ClN5O2/c1-12-7-17(18(28-2)8-16(12)21)26-19(27)14-10-23-20(24-11-14)25-15-5-3-13(9-22)4-6-15/h3-8,10-11H,1-2H3,(H,26,27)(H,23,24,25). The molecular weight excluding hydrogens is 378 g/mol. The Labute approximate surface area is 167 Å². The Morgan fingerprint density at radius 1 is 1.18 bits per heavy atom. The lowest BCUT2D eigenvalue weighted by Gasteiger charge is -2.12. The highest BCUT2D eigenvalue weighted by atomic mass is 35.5. The Bertz CT molecular complexity index is 1040. The van der Waals surface area contributed by atoms with Gasteiger partial charge in [0.25, 0.3) is 5.91 Å². The number of halogens is 1. The molecule has 3 aromatic rings. The summed E-state index contributed by atoms with van der Waals surface area (Å²) in [4.78, 5) is 20.8. The first-order valence-corrected chi connectivity index (χ1v) is 8.62. The number of hydrogen-bond donors (Lipinski definition) is 2. The number of nitrogens with zero attached hydrogens (tertiary/aromatic N) is 3. The van der Waals surface area contributed by atoms with Crippen LogP contribution in [0.25, 0.3) is 0 Å². The summed E-state index contributed by atoms with van der Waals surface area (Å²) in [5.41, 5.74) is 2.91. The molecule has 0 bridgehead atoms. The number of anilines is 3. The van der Waals surface area contributed by atoms with Crippen LogP contribution < -0.4 is 15.4 Å². The Morgan fingerprint density at radius 2 is 1.86 bits per heavy atom. The van der Waals surface area contributed by atoms with E-state index in [0.29, 0.717) is 33.5 Å². The van der Waals surface area contributed by atoms with Crippen molar-refractivity contribution in [1.29, 1.82) is 5.26 Å². The maximum Gasteiger partial charge on any atom is 0.258 e. The average Bonchev–Trinajstić information content (AvgIpc) is 2.71. The second-order valence-corrected chi connectivity index (χ2v) is 6.27. The second-order valence-electron chi connectivity index (χ2n) is 5.87. The van der Waals surface area contributed by atoms with Gasteiger partial charge in [-0.05, 0) is 42.8 Å². The fourth-order valence-corrected chi connectivity index (χ4v) is 2.54. The van der Waals surface area contributed by atoms with E-state index in [-0.39, 0.29) is 5.91 Å². The molecule has 0 unspecified atom stereocenters. The van der Waals surface area contributed by atoms with E-state index >= 15 is 0 Å². The van der Waals surface area contributed by atoms with Gasteiger partial charge in [-0.1, -0.05) is 11.6 Å². The van der Waals surface area contributed by atoms with Crippen molar-refractivity contribution in [3.8, 4) is 11.8 Å². The molecule has 1 amide bonds. The van der Waals surface area contributed by atoms with Gasteiger partial charge >= 0.3 is 0 Å². The zero-order valence-corrected chi connectivity index (χ0v) is 15.9. The summed E-state index contributed by atoms with van der Waals surface area (Å²) >= 11 is 6.08. The lowest BCUT2D eigenvalue weighted by Crippen LogP contribution is -2.14. The molecule has 0 spiro atoms. The molecule has 1 heterocycles. The number of amides is 1. The Morgan fingerprint density at radius 3 is 2.46 bits per heavy atom. The third kappa shape index (κ3) is 4.37. The van der Waals surface area contributed by atoms with Gasteiger partial charge in [0.2, 0.25) is 5.95 Å². The highest BCUT2D eigenvalue weighted by Crippen LogP contribution is 2.31. The molecule has 0 saturated carbocycles. The topological polar surface area (TPSA) is 99.9 Å². The molecule has 0 aliphatic rings. The van der Waals surface area contributed by atoms with Crippen LogP contribution in [0.1, 0.15) is 21.5 Å². The quantitative estimate of drug-likeness (QED) is 0.669. The van der Waals surface area contributed by atoms with Crippen LogP contribution in [0.15, 0.2) is 48.8 Å². The molecule has 3 rings (SSSR count). The lowest BCUT2D eigenvalue weighted by atomic mass is 10.2. The predicted molar refractivity (Wildman–Crippen MR) is 107 cm³/mol. The monoisotopic (exact) mass is 393 g/mol. The molecule has 140 valence electrons. The molecule has 1 aromatic heterocycles. The number of methoxy groups -OCH3 is 1. The fraction of sp³-hybridized carbons (Fsp3) is 0.100. The first-order chi connectivity index (χ1) is 13.5. The average molecular weight is 394 g/mol. The molecule has 8 heteroatoms. The summed E-state index contributed by atoms with van der Waals surface area (Å²) in [5.74, 6) is 0.426. The first-order valence-electron chi connectivity index (χ1n) is 8.25. The van der Waals surface area contributed by atoms with Crippen LogP contribution in [0.2, 0.25) is 5.02 Å². The molecule has 0 fully saturated rings. The number of aryl methyl sites for hydroxylation is 1. The minimum Gasteiger partial charge on any atom is -0.495 e. The van der Waals surface area contributed by atoms with Crippen molar-refractivity contribution in [2.45, 2.75) is 6.92 Å². The van der Waals surface area contributed by atoms with Crippen molar-refractivity contribution in [1.82, 2.24) is 9.97 Å². The molecule has 0 aliphatic carbocycles. The Kier molecular flexibility index (Phi) is 5.72. The zero-order chi connectivity index (χ0) is 20.1. The highest BCUT2D eigenvalue weighted by Gasteiger charge is 2.13. The fourth-order valence-electron chi connectivity index (χ4n) is 2.39. The Hall–Kier alpha value is -3.63. The summed E-state index contributed by atoms with van der Waals surface area (Å²) in [6, 6.07) is 12.3. The minimum atomic E-state index is -0.370. The predicted octanol–water partition coefficient (Wildman–Crippen LogP) is 4.31. The molecule has 2 N–H and O–H groups in total. The molecular formula is C20H16ClN5O2. The summed E-state index contributed by atoms with van der Waals surface area (Å²) in [6.07, 6.45) is 2.84. The number of ether oxygens (including phenoxy) is 1. The molecule has 0 radical (unpaired) electrons. The van der Waals surface area contributed by atoms with Gasteiger partial charge in [0.15, 0.2) is 0 Å². The zero-order valence-electron chi connectivity index (χ0n) is 15.2. The smallest absolute Gasteiger partial charge is 0.258 e. The van der Waals surface area contributed by atoms with E-state index in [1.807, 2.05) is 6.92 Å². The van der Waals surface area contributed by atoms with Gasteiger partial charge in [-0.2, -0.15) is 5.26 Å². The largest absolute Gasteiger partial charge is 0.495 e. The number of nitriles is 1. The number of hydrogen-bond acceptors (Lipinski definition) is 6. The van der Waals surface area contributed by atoms with E-state index < -0.39 is 0 Å². The molecule has 28 heavy (non-hydrogen) atoms. The number of benzene rings is 2. The minimum absolute atomic E-state index is 0.292. The molecule has 0 atom stereocenters. The summed E-state index contributed by atoms with van der Waals surface area (Å²) in [7, 11) is 1.50. The lowest BCUT2D eigenvalue weighted by molar-refractivity contribution is 0.102. The van der Waals surface area contributed by atoms with E-state index in [2.05, 4.69) is 26.7 Å². The van der Waals surface area contributed by atoms with Crippen LogP contribution in [0.5, 0.6) is 5.75 Å². The van der Waals surface area contributed by atoms with E-state index in [0.717, 1.165) is 11.3 Å². The number of carbonyl (C=O) groups excluding carboxylic acids is 1. The SMILES string of the molecule is COc1cc(Cl)c(C)cc1NC(=O)c1cnc(Nc2ccc(C#N)cc2)nc1. The van der Waals surface area contributed by atoms with Crippen LogP contribution in [0, 0.1) is 18.3 Å². The molecule has 0 saturated heterocycles. The van der Waals surface area contributed by atoms with E-state index in [1.165, 1.54) is 19.5 Å². The van der Waals surface area contributed by atoms with Gasteiger partial charge in [0, 0.05) is 29.2 Å². The number of rotatable bonds is 5. The van der Waals surface area contributed by atoms with Gasteiger partial charge in [-0.3, -0.25) is 4.79 Å². The molecule has 0 aliphatic heterocycles. The third-order valence-electron chi connectivity index (χ3n) is 3.91. The summed E-state index contributed by atoms with van der Waals surface area (Å²) in [5, 5.41) is 15.2. The van der Waals surface area contributed by atoms with Crippen molar-refractivity contribution in [2.75, 3.05) is 17.7 Å². The first kappa shape index (κ1) is 19.1. The third-order valence-corrected chi connectivity index (χ3v) is 4.32. The van der Waals surface area contributed by atoms with E-state index in [1.54, 1.807) is 36.4 Å². The van der Waals surface area contributed by atoms with Crippen molar-refractivity contribution >= 4 is 34.8 Å². The summed E-state index contributed by atoms with van der Waals surface area (Å²) < 4.78 is 5.26. The van der Waals surface area contributed by atoms with Crippen molar-refractivity contribution in [2.24, 2.45) is 0 Å². The Balaban J connectivity index is 1.71. The van der Waals surface area contributed by atoms with Gasteiger partial charge < -0.3 is 15.4 Å². The van der Waals surface area contributed by atoms with E-state index in [9.17, 15) is 4.79 Å². The maximum absolute atomic E-state index is 12.5. The van der Waals surface area contributed by atoms with Crippen molar-refractivity contribution in [3.05, 3.63) is 70.5 Å². The van der Waals surface area contributed by atoms with Crippen LogP contribution >= 0.6 is 11.6 Å². The second kappa shape index (κ2) is 8.37. The van der Waals surface area contributed by atoms with Gasteiger partial charge in [0.05, 0.1) is 30.0 Å². The number of nitrogens with one attached hydrogen (secondary N) is 2. The van der Waals surface area contributed by atoms with Crippen LogP contribution in [0.3, 0.4) is 0 Å². The van der Waals surface area contributed by atoms with Crippen molar-refractivity contribution in [3.63, 3.8) is 0 Å². The van der Waals surface area contributed by atoms with Crippen LogP contribution in [0.4, 0.5) is 17.3 Å². The normalized spacial score (nSPS) is 10.1. The number of aromatic nitrogens is 2. The van der Waals surface area contributed by atoms with Crippen LogP contribution in [-0.2, 0) is 0 Å². The summed E-state index contributed by atoms with van der Waals surface area (Å²) in [6.45, 7) is 1.84. The van der Waals surface area contributed by atoms with Gasteiger partial charge in [-0.25, -0.2) is 9.97 Å². The highest BCUT2D eigenvalue weighted by molar-refractivity contribution is 6.31. The number of carbonyl (C=O) groups is 1. The van der Waals surface area contributed by atoms with Crippen LogP contribution in [-0.4, -0.2) is 23.0 Å². The van der Waals surface area contributed by atoms with Gasteiger partial charge in [-0.15, -0.1) is 0 Å². The molecule has 7 nitrogen and oxygen atoms in total. The van der Waals surface area contributed by atoms with E-state index in [4.69, 9.17) is 21.6 Å². The van der Waals surface area contributed by atoms with Crippen molar-refractivity contribution < 1.29 is 9.53 Å². The van der Waals surface area contributed by atoms with Gasteiger partial charge in [0.1, 0.15) is 5.75 Å². The maximum atomic E-state index is 12.5. The molecule has 2 aromatic carbocycles.